The number of nitrogens with one attached hydrogen (secondary N) is 1. The second kappa shape index (κ2) is 10.3. The summed E-state index contributed by atoms with van der Waals surface area (Å²) in [6.45, 7) is 6.36. The van der Waals surface area contributed by atoms with Crippen LogP contribution in [0.3, 0.4) is 0 Å². The number of benzene rings is 2. The Balaban J connectivity index is 1.68. The maximum atomic E-state index is 12.7. The number of urea groups is 1. The van der Waals surface area contributed by atoms with Gasteiger partial charge in [0, 0.05) is 26.2 Å². The highest BCUT2D eigenvalue weighted by atomic mass is 16.4. The number of amides is 2. The Morgan fingerprint density at radius 3 is 1.87 bits per heavy atom. The number of aliphatic carboxylic acids is 1. The summed E-state index contributed by atoms with van der Waals surface area (Å²) < 4.78 is 0. The monoisotopic (exact) mass is 409 g/mol. The average molecular weight is 410 g/mol. The molecule has 30 heavy (non-hydrogen) atoms. The molecular weight excluding hydrogens is 378 g/mol. The Labute approximate surface area is 178 Å². The van der Waals surface area contributed by atoms with Crippen molar-refractivity contribution in [3.8, 4) is 0 Å². The van der Waals surface area contributed by atoms with Crippen molar-refractivity contribution in [2.45, 2.75) is 32.4 Å². The van der Waals surface area contributed by atoms with Crippen molar-refractivity contribution in [2.75, 3.05) is 26.2 Å². The molecule has 6 nitrogen and oxygen atoms in total. The van der Waals surface area contributed by atoms with E-state index in [1.165, 1.54) is 11.1 Å². The molecule has 0 saturated carbocycles. The third kappa shape index (κ3) is 5.19. The van der Waals surface area contributed by atoms with Crippen LogP contribution in [0.15, 0.2) is 60.7 Å². The van der Waals surface area contributed by atoms with E-state index in [2.05, 4.69) is 58.7 Å². The fourth-order valence-electron chi connectivity index (χ4n) is 3.98. The number of carbonyl (C=O) groups is 2. The molecule has 6 heteroatoms. The van der Waals surface area contributed by atoms with Gasteiger partial charge < -0.3 is 15.3 Å². The number of carbonyl (C=O) groups excluding carboxylic acids is 1. The smallest absolute Gasteiger partial charge is 0.326 e. The lowest BCUT2D eigenvalue weighted by molar-refractivity contribution is -0.140. The number of hydrogen-bond donors (Lipinski definition) is 2. The van der Waals surface area contributed by atoms with Crippen molar-refractivity contribution in [1.29, 1.82) is 0 Å². The van der Waals surface area contributed by atoms with E-state index in [9.17, 15) is 14.7 Å². The number of nitrogens with zero attached hydrogens (tertiary/aromatic N) is 2. The molecule has 2 N–H and O–H groups in total. The van der Waals surface area contributed by atoms with Crippen molar-refractivity contribution in [2.24, 2.45) is 5.92 Å². The number of piperazine rings is 1. The first-order chi connectivity index (χ1) is 14.5. The molecular formula is C24H31N3O3. The van der Waals surface area contributed by atoms with Gasteiger partial charge in [-0.15, -0.1) is 0 Å². The van der Waals surface area contributed by atoms with Crippen LogP contribution in [0.1, 0.15) is 37.4 Å². The Bertz CT molecular complexity index is 781. The van der Waals surface area contributed by atoms with Crippen LogP contribution in [0.25, 0.3) is 0 Å². The van der Waals surface area contributed by atoms with Crippen LogP contribution in [-0.4, -0.2) is 59.1 Å². The molecule has 2 aromatic carbocycles. The summed E-state index contributed by atoms with van der Waals surface area (Å²) in [7, 11) is 0. The summed E-state index contributed by atoms with van der Waals surface area (Å²) in [6.07, 6.45) is 0.695. The second-order valence-electron chi connectivity index (χ2n) is 7.90. The Morgan fingerprint density at radius 1 is 0.933 bits per heavy atom. The molecule has 2 atom stereocenters. The van der Waals surface area contributed by atoms with Gasteiger partial charge in [-0.05, 0) is 17.0 Å². The molecule has 160 valence electrons. The van der Waals surface area contributed by atoms with E-state index in [1.807, 2.05) is 26.0 Å². The van der Waals surface area contributed by atoms with E-state index in [0.29, 0.717) is 19.5 Å². The Kier molecular flexibility index (Phi) is 7.46. The minimum Gasteiger partial charge on any atom is -0.480 e. The van der Waals surface area contributed by atoms with Crippen molar-refractivity contribution in [3.63, 3.8) is 0 Å². The first-order valence-electron chi connectivity index (χ1n) is 10.6. The predicted octanol–water partition coefficient (Wildman–Crippen LogP) is 3.60. The van der Waals surface area contributed by atoms with Gasteiger partial charge in [-0.3, -0.25) is 4.90 Å². The first-order valence-corrected chi connectivity index (χ1v) is 10.6. The lowest BCUT2D eigenvalue weighted by Crippen LogP contribution is -2.56. The minimum atomic E-state index is -0.982. The molecule has 0 aromatic heterocycles. The fourth-order valence-corrected chi connectivity index (χ4v) is 3.98. The highest BCUT2D eigenvalue weighted by Crippen LogP contribution is 2.29. The maximum Gasteiger partial charge on any atom is 0.326 e. The third-order valence-electron chi connectivity index (χ3n) is 5.96. The molecule has 1 fully saturated rings. The Morgan fingerprint density at radius 2 is 1.43 bits per heavy atom. The molecule has 0 aliphatic carbocycles. The van der Waals surface area contributed by atoms with Crippen molar-refractivity contribution in [1.82, 2.24) is 15.1 Å². The van der Waals surface area contributed by atoms with E-state index in [1.54, 1.807) is 4.90 Å². The Hall–Kier alpha value is -2.86. The zero-order valence-corrected chi connectivity index (χ0v) is 17.7. The summed E-state index contributed by atoms with van der Waals surface area (Å²) in [5.41, 5.74) is 2.45. The summed E-state index contributed by atoms with van der Waals surface area (Å²) >= 11 is 0. The molecule has 0 spiro atoms. The van der Waals surface area contributed by atoms with Crippen LogP contribution in [0.2, 0.25) is 0 Å². The van der Waals surface area contributed by atoms with Gasteiger partial charge in [0.25, 0.3) is 0 Å². The SMILES string of the molecule is CC[C@H](C)[C@@H](NC(=O)N1CCN(C(c2ccccc2)c2ccccc2)CC1)C(=O)O. The summed E-state index contributed by atoms with van der Waals surface area (Å²) in [6, 6.07) is 19.8. The largest absolute Gasteiger partial charge is 0.480 e. The van der Waals surface area contributed by atoms with Crippen molar-refractivity contribution >= 4 is 12.0 Å². The third-order valence-corrected chi connectivity index (χ3v) is 5.96. The van der Waals surface area contributed by atoms with Gasteiger partial charge in [-0.25, -0.2) is 9.59 Å². The normalized spacial score (nSPS) is 16.8. The van der Waals surface area contributed by atoms with E-state index in [0.717, 1.165) is 13.1 Å². The highest BCUT2D eigenvalue weighted by molar-refractivity contribution is 5.82. The average Bonchev–Trinajstić information content (AvgIpc) is 2.78. The van der Waals surface area contributed by atoms with Gasteiger partial charge in [-0.2, -0.15) is 0 Å². The van der Waals surface area contributed by atoms with Crippen LogP contribution in [-0.2, 0) is 4.79 Å². The fraction of sp³-hybridized carbons (Fsp3) is 0.417. The summed E-state index contributed by atoms with van der Waals surface area (Å²) in [5, 5.41) is 12.2. The number of hydrogen-bond acceptors (Lipinski definition) is 3. The van der Waals surface area contributed by atoms with E-state index >= 15 is 0 Å². The van der Waals surface area contributed by atoms with Gasteiger partial charge in [0.05, 0.1) is 6.04 Å². The van der Waals surface area contributed by atoms with Gasteiger partial charge in [0.1, 0.15) is 6.04 Å². The van der Waals surface area contributed by atoms with Gasteiger partial charge in [0.2, 0.25) is 0 Å². The van der Waals surface area contributed by atoms with E-state index in [4.69, 9.17) is 0 Å². The van der Waals surface area contributed by atoms with Gasteiger partial charge in [0.15, 0.2) is 0 Å². The van der Waals surface area contributed by atoms with Crippen LogP contribution in [0.5, 0.6) is 0 Å². The van der Waals surface area contributed by atoms with Crippen molar-refractivity contribution in [3.05, 3.63) is 71.8 Å². The zero-order valence-electron chi connectivity index (χ0n) is 17.7. The highest BCUT2D eigenvalue weighted by Gasteiger charge is 2.31. The van der Waals surface area contributed by atoms with Gasteiger partial charge in [-0.1, -0.05) is 80.9 Å². The van der Waals surface area contributed by atoms with Crippen LogP contribution in [0.4, 0.5) is 4.79 Å². The number of carboxylic acid groups (broad SMARTS) is 1. The first kappa shape index (κ1) is 21.8. The lowest BCUT2D eigenvalue weighted by atomic mass is 9.96. The zero-order chi connectivity index (χ0) is 21.5. The van der Waals surface area contributed by atoms with Crippen LogP contribution >= 0.6 is 0 Å². The van der Waals surface area contributed by atoms with E-state index < -0.39 is 12.0 Å². The molecule has 2 amide bonds. The molecule has 0 unspecified atom stereocenters. The molecule has 1 saturated heterocycles. The van der Waals surface area contributed by atoms with E-state index in [-0.39, 0.29) is 18.0 Å². The summed E-state index contributed by atoms with van der Waals surface area (Å²) in [5.74, 6) is -1.10. The molecule has 3 rings (SSSR count). The van der Waals surface area contributed by atoms with Gasteiger partial charge >= 0.3 is 12.0 Å². The molecule has 0 bridgehead atoms. The maximum absolute atomic E-state index is 12.7. The number of rotatable bonds is 7. The summed E-state index contributed by atoms with van der Waals surface area (Å²) in [4.78, 5) is 28.3. The standard InChI is InChI=1S/C24H31N3O3/c1-3-18(2)21(23(28)29)25-24(30)27-16-14-26(15-17-27)22(19-10-6-4-7-11-19)20-12-8-5-9-13-20/h4-13,18,21-22H,3,14-17H2,1-2H3,(H,25,30)(H,28,29)/t18-,21+/m0/s1. The minimum absolute atomic E-state index is 0.117. The topological polar surface area (TPSA) is 72.9 Å². The lowest BCUT2D eigenvalue weighted by Gasteiger charge is -2.40. The predicted molar refractivity (Wildman–Crippen MR) is 117 cm³/mol. The van der Waals surface area contributed by atoms with Crippen LogP contribution < -0.4 is 5.32 Å². The molecule has 2 aromatic rings. The molecule has 0 radical (unpaired) electrons. The molecule has 1 aliphatic rings. The van der Waals surface area contributed by atoms with Crippen LogP contribution in [0, 0.1) is 5.92 Å². The van der Waals surface area contributed by atoms with Crippen molar-refractivity contribution < 1.29 is 14.7 Å². The quantitative estimate of drug-likeness (QED) is 0.733. The molecule has 1 aliphatic heterocycles. The second-order valence-corrected chi connectivity index (χ2v) is 7.90. The molecule has 1 heterocycles. The number of carboxylic acids is 1.